The summed E-state index contributed by atoms with van der Waals surface area (Å²) < 4.78 is 48.7. The highest BCUT2D eigenvalue weighted by atomic mass is 19.3. The molecule has 2 N–H and O–H groups in total. The van der Waals surface area contributed by atoms with E-state index in [-0.39, 0.29) is 11.5 Å². The molecule has 0 aliphatic carbocycles. The van der Waals surface area contributed by atoms with Crippen molar-refractivity contribution >= 4 is 11.8 Å². The number of rotatable bonds is 5. The minimum Gasteiger partial charge on any atom is -0.477 e. The number of nitrogens with one attached hydrogen (secondary N) is 1. The van der Waals surface area contributed by atoms with E-state index in [9.17, 15) is 22.4 Å². The number of aromatic nitrogens is 1. The van der Waals surface area contributed by atoms with Crippen LogP contribution in [0, 0.1) is 0 Å². The molecule has 94 valence electrons. The van der Waals surface area contributed by atoms with Crippen LogP contribution in [-0.4, -0.2) is 35.0 Å². The van der Waals surface area contributed by atoms with Crippen LogP contribution < -0.4 is 5.32 Å². The second kappa shape index (κ2) is 4.98. The Bertz CT molecular complexity index is 412. The highest BCUT2D eigenvalue weighted by molar-refractivity contribution is 5.85. The second-order valence-electron chi connectivity index (χ2n) is 3.13. The van der Waals surface area contributed by atoms with Crippen LogP contribution in [-0.2, 0) is 0 Å². The van der Waals surface area contributed by atoms with E-state index in [4.69, 9.17) is 5.11 Å². The van der Waals surface area contributed by atoms with Gasteiger partial charge in [0.1, 0.15) is 5.82 Å². The zero-order valence-electron chi connectivity index (χ0n) is 8.33. The monoisotopic (exact) mass is 252 g/mol. The number of nitrogens with zero attached hydrogens (tertiary/aromatic N) is 1. The molecule has 4 nitrogen and oxygen atoms in total. The predicted octanol–water partition coefficient (Wildman–Crippen LogP) is 2.09. The summed E-state index contributed by atoms with van der Waals surface area (Å²) in [5.41, 5.74) is -0.365. The predicted molar refractivity (Wildman–Crippen MR) is 50.6 cm³/mol. The van der Waals surface area contributed by atoms with Gasteiger partial charge in [-0.25, -0.2) is 18.6 Å². The van der Waals surface area contributed by atoms with Crippen molar-refractivity contribution in [3.63, 3.8) is 0 Å². The van der Waals surface area contributed by atoms with Crippen LogP contribution in [0.1, 0.15) is 10.5 Å². The van der Waals surface area contributed by atoms with Crippen LogP contribution in [0.4, 0.5) is 23.4 Å². The van der Waals surface area contributed by atoms with E-state index < -0.39 is 24.9 Å². The lowest BCUT2D eigenvalue weighted by Crippen LogP contribution is -2.35. The molecule has 0 bridgehead atoms. The summed E-state index contributed by atoms with van der Waals surface area (Å²) in [6, 6.07) is 3.62. The van der Waals surface area contributed by atoms with Gasteiger partial charge >= 0.3 is 18.3 Å². The standard InChI is InChI=1S/C9H8F4N2O2/c10-8(11)9(12,13)4-14-6-3-1-2-5(15-6)7(16)17/h1-3,8H,4H2,(H,14,15)(H,16,17). The highest BCUT2D eigenvalue weighted by Gasteiger charge is 2.40. The molecule has 0 radical (unpaired) electrons. The van der Waals surface area contributed by atoms with E-state index in [2.05, 4.69) is 4.98 Å². The minimum absolute atomic E-state index is 0.203. The van der Waals surface area contributed by atoms with Crippen LogP contribution in [0.3, 0.4) is 0 Å². The van der Waals surface area contributed by atoms with E-state index in [1.165, 1.54) is 12.1 Å². The number of carboxylic acids is 1. The number of pyridine rings is 1. The van der Waals surface area contributed by atoms with Crippen LogP contribution in [0.2, 0.25) is 0 Å². The van der Waals surface area contributed by atoms with Crippen molar-refractivity contribution in [2.75, 3.05) is 11.9 Å². The summed E-state index contributed by atoms with van der Waals surface area (Å²) in [6.07, 6.45) is -3.79. The lowest BCUT2D eigenvalue weighted by molar-refractivity contribution is -0.117. The van der Waals surface area contributed by atoms with Gasteiger partial charge in [0.25, 0.3) is 0 Å². The first-order valence-electron chi connectivity index (χ1n) is 4.43. The molecule has 8 heteroatoms. The van der Waals surface area contributed by atoms with Crippen LogP contribution in [0.25, 0.3) is 0 Å². The average Bonchev–Trinajstić information content (AvgIpc) is 2.26. The van der Waals surface area contributed by atoms with Gasteiger partial charge in [-0.05, 0) is 12.1 Å². The summed E-state index contributed by atoms with van der Waals surface area (Å²) in [5, 5.41) is 10.5. The molecule has 1 rings (SSSR count). The van der Waals surface area contributed by atoms with Crippen LogP contribution in [0.15, 0.2) is 18.2 Å². The summed E-state index contributed by atoms with van der Waals surface area (Å²) in [5.74, 6) is -5.74. The van der Waals surface area contributed by atoms with Crippen molar-refractivity contribution < 1.29 is 27.5 Å². The first-order chi connectivity index (χ1) is 7.83. The lowest BCUT2D eigenvalue weighted by atomic mass is 10.3. The first-order valence-corrected chi connectivity index (χ1v) is 4.43. The number of carbonyl (C=O) groups is 1. The maximum Gasteiger partial charge on any atom is 0.354 e. The van der Waals surface area contributed by atoms with Gasteiger partial charge in [0.2, 0.25) is 0 Å². The molecule has 0 aliphatic rings. The fraction of sp³-hybridized carbons (Fsp3) is 0.333. The zero-order valence-corrected chi connectivity index (χ0v) is 8.33. The molecule has 0 spiro atoms. The van der Waals surface area contributed by atoms with Crippen molar-refractivity contribution in [1.29, 1.82) is 0 Å². The molecule has 0 aliphatic heterocycles. The summed E-state index contributed by atoms with van der Waals surface area (Å²) >= 11 is 0. The number of aromatic carboxylic acids is 1. The van der Waals surface area contributed by atoms with E-state index in [0.29, 0.717) is 0 Å². The Kier molecular flexibility index (Phi) is 3.87. The molecule has 0 aromatic carbocycles. The normalized spacial score (nSPS) is 11.6. The quantitative estimate of drug-likeness (QED) is 0.788. The van der Waals surface area contributed by atoms with Crippen LogP contribution in [0.5, 0.6) is 0 Å². The largest absolute Gasteiger partial charge is 0.477 e. The number of alkyl halides is 4. The summed E-state index contributed by atoms with van der Waals surface area (Å²) in [4.78, 5) is 13.9. The molecule has 0 saturated carbocycles. The molecular formula is C9H8F4N2O2. The average molecular weight is 252 g/mol. The lowest BCUT2D eigenvalue weighted by Gasteiger charge is -2.16. The number of halogens is 4. The minimum atomic E-state index is -4.19. The highest BCUT2D eigenvalue weighted by Crippen LogP contribution is 2.22. The molecule has 17 heavy (non-hydrogen) atoms. The Hall–Kier alpha value is -1.86. The van der Waals surface area contributed by atoms with Crippen molar-refractivity contribution in [2.24, 2.45) is 0 Å². The maximum absolute atomic E-state index is 12.5. The maximum atomic E-state index is 12.5. The number of anilines is 1. The molecule has 0 unspecified atom stereocenters. The molecule has 0 amide bonds. The second-order valence-corrected chi connectivity index (χ2v) is 3.13. The van der Waals surface area contributed by atoms with Crippen molar-refractivity contribution in [2.45, 2.75) is 12.3 Å². The molecule has 1 heterocycles. The molecule has 1 aromatic heterocycles. The van der Waals surface area contributed by atoms with E-state index in [0.717, 1.165) is 6.07 Å². The van der Waals surface area contributed by atoms with E-state index in [1.807, 2.05) is 5.32 Å². The van der Waals surface area contributed by atoms with Crippen LogP contribution >= 0.6 is 0 Å². The Labute approximate surface area is 93.3 Å². The third-order valence-corrected chi connectivity index (χ3v) is 1.79. The third kappa shape index (κ3) is 3.58. The fourth-order valence-electron chi connectivity index (χ4n) is 0.938. The Morgan fingerprint density at radius 1 is 1.47 bits per heavy atom. The molecular weight excluding hydrogens is 244 g/mol. The topological polar surface area (TPSA) is 62.2 Å². The van der Waals surface area contributed by atoms with Gasteiger partial charge in [-0.1, -0.05) is 6.07 Å². The van der Waals surface area contributed by atoms with Gasteiger partial charge in [0.15, 0.2) is 5.69 Å². The molecule has 0 fully saturated rings. The number of hydrogen-bond acceptors (Lipinski definition) is 3. The van der Waals surface area contributed by atoms with E-state index >= 15 is 0 Å². The molecule has 0 saturated heterocycles. The molecule has 0 atom stereocenters. The van der Waals surface area contributed by atoms with E-state index in [1.54, 1.807) is 0 Å². The summed E-state index contributed by atoms with van der Waals surface area (Å²) in [7, 11) is 0. The van der Waals surface area contributed by atoms with Gasteiger partial charge in [-0.2, -0.15) is 8.78 Å². The van der Waals surface area contributed by atoms with Crippen molar-refractivity contribution in [3.05, 3.63) is 23.9 Å². The molecule has 1 aromatic rings. The van der Waals surface area contributed by atoms with Gasteiger partial charge in [-0.3, -0.25) is 0 Å². The Morgan fingerprint density at radius 3 is 2.65 bits per heavy atom. The zero-order chi connectivity index (χ0) is 13.1. The Balaban J connectivity index is 2.70. The number of carboxylic acid groups (broad SMARTS) is 1. The third-order valence-electron chi connectivity index (χ3n) is 1.79. The first kappa shape index (κ1) is 13.2. The van der Waals surface area contributed by atoms with Crippen molar-refractivity contribution in [1.82, 2.24) is 4.98 Å². The number of hydrogen-bond donors (Lipinski definition) is 2. The smallest absolute Gasteiger partial charge is 0.354 e. The Morgan fingerprint density at radius 2 is 2.12 bits per heavy atom. The fourth-order valence-corrected chi connectivity index (χ4v) is 0.938. The van der Waals surface area contributed by atoms with Crippen molar-refractivity contribution in [3.8, 4) is 0 Å². The van der Waals surface area contributed by atoms with Gasteiger partial charge in [-0.15, -0.1) is 0 Å². The van der Waals surface area contributed by atoms with Gasteiger partial charge < -0.3 is 10.4 Å². The SMILES string of the molecule is O=C(O)c1cccc(NCC(F)(F)C(F)F)n1. The van der Waals surface area contributed by atoms with Gasteiger partial charge in [0.05, 0.1) is 6.54 Å². The summed E-state index contributed by atoms with van der Waals surface area (Å²) in [6.45, 7) is -1.32. The van der Waals surface area contributed by atoms with Gasteiger partial charge in [0, 0.05) is 0 Å².